The number of hydrogen-bond acceptors (Lipinski definition) is 2. The van der Waals surface area contributed by atoms with Gasteiger partial charge in [-0.15, -0.1) is 0 Å². The summed E-state index contributed by atoms with van der Waals surface area (Å²) in [5, 5.41) is 0. The summed E-state index contributed by atoms with van der Waals surface area (Å²) < 4.78 is 0. The van der Waals surface area contributed by atoms with Gasteiger partial charge in [0.2, 0.25) is 11.8 Å². The van der Waals surface area contributed by atoms with Crippen molar-refractivity contribution in [2.24, 2.45) is 11.3 Å². The van der Waals surface area contributed by atoms with Gasteiger partial charge in [0, 0.05) is 30.6 Å². The van der Waals surface area contributed by atoms with E-state index in [2.05, 4.69) is 4.90 Å². The topological polar surface area (TPSA) is 40.6 Å². The molecule has 2 aliphatic carbocycles. The van der Waals surface area contributed by atoms with Gasteiger partial charge in [-0.3, -0.25) is 9.59 Å². The van der Waals surface area contributed by atoms with Crippen LogP contribution in [0.5, 0.6) is 0 Å². The van der Waals surface area contributed by atoms with Gasteiger partial charge in [0.1, 0.15) is 0 Å². The highest BCUT2D eigenvalue weighted by molar-refractivity contribution is 5.84. The van der Waals surface area contributed by atoms with E-state index in [0.29, 0.717) is 24.5 Å². The maximum atomic E-state index is 13.2. The van der Waals surface area contributed by atoms with E-state index in [4.69, 9.17) is 0 Å². The largest absolute Gasteiger partial charge is 0.341 e. The van der Waals surface area contributed by atoms with Crippen molar-refractivity contribution in [1.29, 1.82) is 0 Å². The van der Waals surface area contributed by atoms with Gasteiger partial charge in [-0.05, 0) is 38.5 Å². The molecule has 130 valence electrons. The molecule has 0 aromatic heterocycles. The average molecular weight is 320 g/mol. The minimum absolute atomic E-state index is 0.0243. The maximum absolute atomic E-state index is 13.2. The van der Waals surface area contributed by atoms with E-state index in [1.807, 2.05) is 25.7 Å². The number of carbonyl (C=O) groups is 2. The normalized spacial score (nSPS) is 26.4. The molecule has 2 amide bonds. The van der Waals surface area contributed by atoms with E-state index in [-0.39, 0.29) is 17.2 Å². The standard InChI is InChI=1S/C19H32N2O2/c1-19(2,3)18(23)20-12-6-7-14(13-20)17(22)21(16-10-11-16)15-8-4-5-9-15/h14-16H,4-13H2,1-3H3/t14-/m0/s1. The molecule has 1 aliphatic heterocycles. The second kappa shape index (κ2) is 6.45. The summed E-state index contributed by atoms with van der Waals surface area (Å²) >= 11 is 0. The lowest BCUT2D eigenvalue weighted by Crippen LogP contribution is -2.51. The van der Waals surface area contributed by atoms with Gasteiger partial charge in [0.25, 0.3) is 0 Å². The van der Waals surface area contributed by atoms with Crippen LogP contribution in [0.3, 0.4) is 0 Å². The van der Waals surface area contributed by atoms with Gasteiger partial charge in [-0.1, -0.05) is 33.6 Å². The summed E-state index contributed by atoms with van der Waals surface area (Å²) in [6, 6.07) is 0.975. The monoisotopic (exact) mass is 320 g/mol. The highest BCUT2D eigenvalue weighted by Gasteiger charge is 2.42. The fraction of sp³-hybridized carbons (Fsp3) is 0.895. The molecule has 3 fully saturated rings. The maximum Gasteiger partial charge on any atom is 0.227 e. The molecule has 23 heavy (non-hydrogen) atoms. The number of nitrogens with zero attached hydrogens (tertiary/aromatic N) is 2. The van der Waals surface area contributed by atoms with E-state index in [9.17, 15) is 9.59 Å². The minimum Gasteiger partial charge on any atom is -0.341 e. The van der Waals surface area contributed by atoms with Crippen molar-refractivity contribution < 1.29 is 9.59 Å². The van der Waals surface area contributed by atoms with Crippen LogP contribution in [0, 0.1) is 11.3 Å². The Bertz CT molecular complexity index is 458. The van der Waals surface area contributed by atoms with Crippen LogP contribution < -0.4 is 0 Å². The molecule has 4 heteroatoms. The Labute approximate surface area is 140 Å². The highest BCUT2D eigenvalue weighted by atomic mass is 16.2. The third-order valence-corrected chi connectivity index (χ3v) is 5.61. The van der Waals surface area contributed by atoms with Crippen molar-refractivity contribution in [2.45, 2.75) is 84.2 Å². The summed E-state index contributed by atoms with van der Waals surface area (Å²) in [6.45, 7) is 7.35. The van der Waals surface area contributed by atoms with E-state index in [1.165, 1.54) is 38.5 Å². The van der Waals surface area contributed by atoms with Gasteiger partial charge >= 0.3 is 0 Å². The lowest BCUT2D eigenvalue weighted by molar-refractivity contribution is -0.146. The molecule has 0 unspecified atom stereocenters. The third kappa shape index (κ3) is 3.72. The lowest BCUT2D eigenvalue weighted by atomic mass is 9.90. The number of hydrogen-bond donors (Lipinski definition) is 0. The Morgan fingerprint density at radius 2 is 1.52 bits per heavy atom. The number of piperidine rings is 1. The summed E-state index contributed by atoms with van der Waals surface area (Å²) in [7, 11) is 0. The summed E-state index contributed by atoms with van der Waals surface area (Å²) in [6.07, 6.45) is 9.16. The average Bonchev–Trinajstić information content (AvgIpc) is 3.20. The Morgan fingerprint density at radius 1 is 0.913 bits per heavy atom. The molecule has 1 heterocycles. The van der Waals surface area contributed by atoms with Gasteiger partial charge in [0.15, 0.2) is 0 Å². The fourth-order valence-corrected chi connectivity index (χ4v) is 4.24. The number of amides is 2. The lowest BCUT2D eigenvalue weighted by Gasteiger charge is -2.39. The van der Waals surface area contributed by atoms with E-state index < -0.39 is 0 Å². The first-order valence-electron chi connectivity index (χ1n) is 9.49. The molecule has 4 nitrogen and oxygen atoms in total. The molecule has 0 spiro atoms. The molecular weight excluding hydrogens is 288 g/mol. The Balaban J connectivity index is 1.67. The predicted octanol–water partition coefficient (Wildman–Crippen LogP) is 3.20. The number of likely N-dealkylation sites (tertiary alicyclic amines) is 1. The van der Waals surface area contributed by atoms with Crippen molar-refractivity contribution >= 4 is 11.8 Å². The minimum atomic E-state index is -0.355. The molecule has 1 atom stereocenters. The molecule has 0 N–H and O–H groups in total. The third-order valence-electron chi connectivity index (χ3n) is 5.61. The van der Waals surface area contributed by atoms with Crippen LogP contribution in [-0.2, 0) is 9.59 Å². The van der Waals surface area contributed by atoms with Crippen molar-refractivity contribution in [3.05, 3.63) is 0 Å². The van der Waals surface area contributed by atoms with Gasteiger partial charge < -0.3 is 9.80 Å². The molecule has 0 aromatic carbocycles. The van der Waals surface area contributed by atoms with Gasteiger partial charge in [0.05, 0.1) is 5.92 Å². The molecule has 3 aliphatic rings. The highest BCUT2D eigenvalue weighted by Crippen LogP contribution is 2.36. The zero-order valence-electron chi connectivity index (χ0n) is 15.0. The van der Waals surface area contributed by atoms with Crippen molar-refractivity contribution in [2.75, 3.05) is 13.1 Å². The number of rotatable bonds is 3. The predicted molar refractivity (Wildman–Crippen MR) is 90.9 cm³/mol. The van der Waals surface area contributed by atoms with Crippen molar-refractivity contribution in [3.63, 3.8) is 0 Å². The van der Waals surface area contributed by atoms with Crippen LogP contribution in [0.1, 0.15) is 72.1 Å². The van der Waals surface area contributed by atoms with E-state index in [0.717, 1.165) is 19.4 Å². The molecule has 0 aromatic rings. The van der Waals surface area contributed by atoms with Crippen LogP contribution in [-0.4, -0.2) is 46.8 Å². The van der Waals surface area contributed by atoms with Crippen molar-refractivity contribution in [3.8, 4) is 0 Å². The first-order valence-corrected chi connectivity index (χ1v) is 9.49. The summed E-state index contributed by atoms with van der Waals surface area (Å²) in [4.78, 5) is 29.9. The zero-order chi connectivity index (χ0) is 16.6. The van der Waals surface area contributed by atoms with Crippen LogP contribution in [0.25, 0.3) is 0 Å². The Kier molecular flexibility index (Phi) is 4.70. The number of carbonyl (C=O) groups excluding carboxylic acids is 2. The molecular formula is C19H32N2O2. The zero-order valence-corrected chi connectivity index (χ0v) is 15.0. The first-order chi connectivity index (χ1) is 10.9. The second-order valence-electron chi connectivity index (χ2n) is 8.76. The summed E-state index contributed by atoms with van der Waals surface area (Å²) in [5.74, 6) is 0.552. The fourth-order valence-electron chi connectivity index (χ4n) is 4.24. The molecule has 3 rings (SSSR count). The molecule has 2 saturated carbocycles. The van der Waals surface area contributed by atoms with E-state index in [1.54, 1.807) is 0 Å². The first kappa shape index (κ1) is 16.8. The van der Waals surface area contributed by atoms with E-state index >= 15 is 0 Å². The molecule has 0 radical (unpaired) electrons. The Morgan fingerprint density at radius 3 is 2.09 bits per heavy atom. The molecule has 0 bridgehead atoms. The summed E-state index contributed by atoms with van der Waals surface area (Å²) in [5.41, 5.74) is -0.355. The SMILES string of the molecule is CC(C)(C)C(=O)N1CCC[C@H](C(=O)N(C2CCCC2)C2CC2)C1. The van der Waals surface area contributed by atoms with Gasteiger partial charge in [-0.2, -0.15) is 0 Å². The van der Waals surface area contributed by atoms with Crippen LogP contribution in [0.15, 0.2) is 0 Å². The van der Waals surface area contributed by atoms with Crippen LogP contribution >= 0.6 is 0 Å². The van der Waals surface area contributed by atoms with Crippen LogP contribution in [0.2, 0.25) is 0 Å². The Hall–Kier alpha value is -1.06. The van der Waals surface area contributed by atoms with Gasteiger partial charge in [-0.25, -0.2) is 0 Å². The quantitative estimate of drug-likeness (QED) is 0.801. The molecule has 1 saturated heterocycles. The van der Waals surface area contributed by atoms with Crippen LogP contribution in [0.4, 0.5) is 0 Å². The smallest absolute Gasteiger partial charge is 0.227 e. The van der Waals surface area contributed by atoms with Crippen molar-refractivity contribution in [1.82, 2.24) is 9.80 Å². The second-order valence-corrected chi connectivity index (χ2v) is 8.76.